The summed E-state index contributed by atoms with van der Waals surface area (Å²) >= 11 is 0. The van der Waals surface area contributed by atoms with Crippen LogP contribution >= 0.6 is 0 Å². The Morgan fingerprint density at radius 1 is 1.05 bits per heavy atom. The lowest BCUT2D eigenvalue weighted by Crippen LogP contribution is -2.28. The zero-order valence-corrected chi connectivity index (χ0v) is 12.1. The van der Waals surface area contributed by atoms with Gasteiger partial charge in [0, 0.05) is 12.0 Å². The lowest BCUT2D eigenvalue weighted by atomic mass is 9.74. The van der Waals surface area contributed by atoms with Crippen LogP contribution in [0.5, 0.6) is 0 Å². The Balaban J connectivity index is 1.89. The molecule has 0 radical (unpaired) electrons. The first kappa shape index (κ1) is 12.9. The molecule has 1 aromatic carbocycles. The molecule has 0 saturated heterocycles. The molecule has 0 amide bonds. The van der Waals surface area contributed by atoms with Gasteiger partial charge in [-0.05, 0) is 48.6 Å². The second-order valence-electron chi connectivity index (χ2n) is 6.61. The fourth-order valence-electron chi connectivity index (χ4n) is 3.94. The van der Waals surface area contributed by atoms with Crippen LogP contribution in [0.4, 0.5) is 0 Å². The van der Waals surface area contributed by atoms with Gasteiger partial charge in [0.25, 0.3) is 0 Å². The van der Waals surface area contributed by atoms with Crippen molar-refractivity contribution in [1.29, 1.82) is 0 Å². The molecule has 0 aliphatic heterocycles. The number of hydrogen-bond donors (Lipinski definition) is 1. The highest BCUT2D eigenvalue weighted by molar-refractivity contribution is 5.67. The minimum absolute atomic E-state index is 0.443. The van der Waals surface area contributed by atoms with Crippen LogP contribution in [-0.4, -0.2) is 6.04 Å². The Labute approximate surface area is 116 Å². The van der Waals surface area contributed by atoms with E-state index in [4.69, 9.17) is 5.73 Å². The van der Waals surface area contributed by atoms with E-state index in [1.807, 2.05) is 0 Å². The molecule has 2 aliphatic rings. The van der Waals surface area contributed by atoms with Crippen LogP contribution < -0.4 is 5.73 Å². The molecule has 0 bridgehead atoms. The van der Waals surface area contributed by atoms with E-state index in [1.165, 1.54) is 31.2 Å². The molecule has 2 aliphatic carbocycles. The fraction of sp³-hybridized carbons (Fsp3) is 0.556. The van der Waals surface area contributed by atoms with E-state index in [0.717, 1.165) is 5.92 Å². The van der Waals surface area contributed by atoms with E-state index in [2.05, 4.69) is 44.2 Å². The third-order valence-electron chi connectivity index (χ3n) is 4.92. The summed E-state index contributed by atoms with van der Waals surface area (Å²) in [4.78, 5) is 0. The van der Waals surface area contributed by atoms with Gasteiger partial charge in [0.1, 0.15) is 0 Å². The van der Waals surface area contributed by atoms with Gasteiger partial charge in [-0.25, -0.2) is 0 Å². The molecule has 102 valence electrons. The molecular weight excluding hydrogens is 230 g/mol. The van der Waals surface area contributed by atoms with Crippen molar-refractivity contribution in [3.8, 4) is 0 Å². The van der Waals surface area contributed by atoms with Gasteiger partial charge in [0.05, 0.1) is 0 Å². The van der Waals surface area contributed by atoms with Gasteiger partial charge in [-0.15, -0.1) is 0 Å². The molecule has 1 heteroatoms. The number of hydrogen-bond acceptors (Lipinski definition) is 1. The summed E-state index contributed by atoms with van der Waals surface area (Å²) in [6.07, 6.45) is 7.43. The van der Waals surface area contributed by atoms with Crippen LogP contribution in [0.3, 0.4) is 0 Å². The van der Waals surface area contributed by atoms with E-state index in [1.54, 1.807) is 11.1 Å². The van der Waals surface area contributed by atoms with Crippen molar-refractivity contribution in [2.45, 2.75) is 51.5 Å². The highest BCUT2D eigenvalue weighted by atomic mass is 14.6. The molecule has 1 aromatic rings. The Morgan fingerprint density at radius 3 is 2.42 bits per heavy atom. The van der Waals surface area contributed by atoms with Crippen molar-refractivity contribution >= 4 is 6.08 Å². The topological polar surface area (TPSA) is 26.0 Å². The molecule has 1 atom stereocenters. The number of rotatable bonds is 2. The first-order valence-corrected chi connectivity index (χ1v) is 7.73. The Bertz CT molecular complexity index is 478. The molecule has 1 fully saturated rings. The number of fused-ring (bicyclic) bond motifs is 1. The first-order chi connectivity index (χ1) is 9.16. The third kappa shape index (κ3) is 2.36. The number of benzene rings is 1. The van der Waals surface area contributed by atoms with Gasteiger partial charge >= 0.3 is 0 Å². The van der Waals surface area contributed by atoms with Gasteiger partial charge in [0.2, 0.25) is 0 Å². The standard InChI is InChI=1S/C18H25N/c1-12(2)18-16-6-4-3-5-14(16)11-17(18)13-7-9-15(19)10-8-13/h3-6,11-13,15,18H,7-10,19H2,1-2H3. The molecular formula is C18H25N. The Morgan fingerprint density at radius 2 is 1.74 bits per heavy atom. The average Bonchev–Trinajstić information content (AvgIpc) is 2.78. The molecule has 0 spiro atoms. The smallest absolute Gasteiger partial charge is 0.00832 e. The quantitative estimate of drug-likeness (QED) is 0.835. The fourth-order valence-corrected chi connectivity index (χ4v) is 3.94. The van der Waals surface area contributed by atoms with E-state index in [-0.39, 0.29) is 0 Å². The molecule has 19 heavy (non-hydrogen) atoms. The monoisotopic (exact) mass is 255 g/mol. The largest absolute Gasteiger partial charge is 0.328 e. The maximum Gasteiger partial charge on any atom is 0.00832 e. The average molecular weight is 255 g/mol. The summed E-state index contributed by atoms with van der Waals surface area (Å²) in [6.45, 7) is 4.71. The van der Waals surface area contributed by atoms with Crippen LogP contribution in [0.15, 0.2) is 29.8 Å². The predicted octanol–water partition coefficient (Wildman–Crippen LogP) is 4.34. The third-order valence-corrected chi connectivity index (χ3v) is 4.92. The predicted molar refractivity (Wildman–Crippen MR) is 81.9 cm³/mol. The van der Waals surface area contributed by atoms with Crippen LogP contribution in [0, 0.1) is 11.8 Å². The first-order valence-electron chi connectivity index (χ1n) is 7.73. The van der Waals surface area contributed by atoms with Gasteiger partial charge in [-0.1, -0.05) is 49.8 Å². The van der Waals surface area contributed by atoms with Crippen molar-refractivity contribution in [2.75, 3.05) is 0 Å². The maximum absolute atomic E-state index is 6.05. The lowest BCUT2D eigenvalue weighted by molar-refractivity contribution is 0.344. The van der Waals surface area contributed by atoms with Crippen LogP contribution in [0.2, 0.25) is 0 Å². The minimum Gasteiger partial charge on any atom is -0.328 e. The second kappa shape index (κ2) is 5.13. The maximum atomic E-state index is 6.05. The highest BCUT2D eigenvalue weighted by Gasteiger charge is 2.33. The molecule has 1 nitrogen and oxygen atoms in total. The molecule has 2 N–H and O–H groups in total. The van der Waals surface area contributed by atoms with E-state index < -0.39 is 0 Å². The molecule has 1 unspecified atom stereocenters. The number of nitrogens with two attached hydrogens (primary N) is 1. The van der Waals surface area contributed by atoms with E-state index in [9.17, 15) is 0 Å². The van der Waals surface area contributed by atoms with Crippen molar-refractivity contribution in [2.24, 2.45) is 17.6 Å². The SMILES string of the molecule is CC(C)C1C(C2CCC(N)CC2)=Cc2ccccc21. The summed E-state index contributed by atoms with van der Waals surface area (Å²) < 4.78 is 0. The van der Waals surface area contributed by atoms with Crippen molar-refractivity contribution in [1.82, 2.24) is 0 Å². The molecule has 0 aromatic heterocycles. The van der Waals surface area contributed by atoms with Gasteiger partial charge in [-0.3, -0.25) is 0 Å². The zero-order chi connectivity index (χ0) is 13.4. The minimum atomic E-state index is 0.443. The summed E-state index contributed by atoms with van der Waals surface area (Å²) in [6, 6.07) is 9.37. The van der Waals surface area contributed by atoms with Crippen LogP contribution in [0.25, 0.3) is 6.08 Å². The number of allylic oxidation sites excluding steroid dienone is 1. The second-order valence-corrected chi connectivity index (χ2v) is 6.61. The van der Waals surface area contributed by atoms with Crippen LogP contribution in [-0.2, 0) is 0 Å². The summed E-state index contributed by atoms with van der Waals surface area (Å²) in [5, 5.41) is 0. The zero-order valence-electron chi connectivity index (χ0n) is 12.1. The molecule has 1 saturated carbocycles. The van der Waals surface area contributed by atoms with Crippen LogP contribution in [0.1, 0.15) is 56.6 Å². The summed E-state index contributed by atoms with van der Waals surface area (Å²) in [5.74, 6) is 2.08. The van der Waals surface area contributed by atoms with Gasteiger partial charge in [-0.2, -0.15) is 0 Å². The molecule has 3 rings (SSSR count). The summed E-state index contributed by atoms with van der Waals surface area (Å²) in [7, 11) is 0. The Kier molecular flexibility index (Phi) is 3.49. The molecule has 0 heterocycles. The lowest BCUT2D eigenvalue weighted by Gasteiger charge is -2.32. The van der Waals surface area contributed by atoms with Gasteiger partial charge in [0.15, 0.2) is 0 Å². The normalized spacial score (nSPS) is 30.3. The van der Waals surface area contributed by atoms with Crippen molar-refractivity contribution < 1.29 is 0 Å². The Hall–Kier alpha value is -1.08. The van der Waals surface area contributed by atoms with E-state index >= 15 is 0 Å². The van der Waals surface area contributed by atoms with E-state index in [0.29, 0.717) is 17.9 Å². The summed E-state index contributed by atoms with van der Waals surface area (Å²) in [5.41, 5.74) is 10.7. The highest BCUT2D eigenvalue weighted by Crippen LogP contribution is 2.47. The van der Waals surface area contributed by atoms with Crippen molar-refractivity contribution in [3.05, 3.63) is 41.0 Å². The van der Waals surface area contributed by atoms with Crippen molar-refractivity contribution in [3.63, 3.8) is 0 Å². The van der Waals surface area contributed by atoms with Gasteiger partial charge < -0.3 is 5.73 Å².